The number of hydrogen-bond donors (Lipinski definition) is 2. The zero-order valence-electron chi connectivity index (χ0n) is 16.7. The molecule has 0 aromatic heterocycles. The third kappa shape index (κ3) is 2.58. The Balaban J connectivity index is 1.15. The van der Waals surface area contributed by atoms with Crippen molar-refractivity contribution in [3.8, 4) is 0 Å². The zero-order chi connectivity index (χ0) is 17.1. The molecular weight excluding hydrogens is 292 g/mol. The van der Waals surface area contributed by atoms with E-state index >= 15 is 0 Å². The van der Waals surface area contributed by atoms with Crippen LogP contribution in [0.4, 0.5) is 0 Å². The second-order valence-corrected chi connectivity index (χ2v) is 10.9. The van der Waals surface area contributed by atoms with Crippen molar-refractivity contribution < 1.29 is 0 Å². The van der Waals surface area contributed by atoms with Gasteiger partial charge in [0.25, 0.3) is 0 Å². The van der Waals surface area contributed by atoms with Gasteiger partial charge in [-0.3, -0.25) is 0 Å². The first-order valence-corrected chi connectivity index (χ1v) is 10.8. The van der Waals surface area contributed by atoms with Gasteiger partial charge in [0.1, 0.15) is 0 Å². The minimum atomic E-state index is 0.615. The first-order valence-electron chi connectivity index (χ1n) is 10.8. The molecule has 6 rings (SSSR count). The van der Waals surface area contributed by atoms with Crippen LogP contribution in [0.5, 0.6) is 0 Å². The predicted octanol–water partition coefficient (Wildman–Crippen LogP) is 4.31. The van der Waals surface area contributed by atoms with Crippen molar-refractivity contribution in [2.75, 3.05) is 19.6 Å². The Kier molecular flexibility index (Phi) is 4.32. The van der Waals surface area contributed by atoms with Gasteiger partial charge in [-0.25, -0.2) is 0 Å². The quantitative estimate of drug-likeness (QED) is 0.708. The van der Waals surface area contributed by atoms with Gasteiger partial charge in [-0.05, 0) is 85.0 Å². The smallest absolute Gasteiger partial charge is 0.00989 e. The molecule has 0 heterocycles. The van der Waals surface area contributed by atoms with Crippen LogP contribution in [0.2, 0.25) is 0 Å². The molecule has 0 aromatic carbocycles. The van der Waals surface area contributed by atoms with Crippen LogP contribution in [-0.4, -0.2) is 25.7 Å². The van der Waals surface area contributed by atoms with Gasteiger partial charge in [-0.1, -0.05) is 34.6 Å². The molecule has 0 amide bonds. The van der Waals surface area contributed by atoms with Crippen molar-refractivity contribution in [3.05, 3.63) is 0 Å². The molecular formula is C22H40N2. The Bertz CT molecular complexity index is 467. The Labute approximate surface area is 149 Å². The summed E-state index contributed by atoms with van der Waals surface area (Å²) in [7, 11) is 0. The van der Waals surface area contributed by atoms with Gasteiger partial charge in [0, 0.05) is 19.1 Å². The summed E-state index contributed by atoms with van der Waals surface area (Å²) >= 11 is 0. The molecule has 0 aromatic rings. The summed E-state index contributed by atoms with van der Waals surface area (Å²) in [5.41, 5.74) is 1.25. The first kappa shape index (κ1) is 17.3. The van der Waals surface area contributed by atoms with Crippen LogP contribution in [0, 0.1) is 46.3 Å². The summed E-state index contributed by atoms with van der Waals surface area (Å²) in [4.78, 5) is 0. The van der Waals surface area contributed by atoms with E-state index in [2.05, 4.69) is 45.3 Å². The van der Waals surface area contributed by atoms with Gasteiger partial charge in [-0.2, -0.15) is 0 Å². The highest BCUT2D eigenvalue weighted by molar-refractivity contribution is 5.07. The number of nitrogens with one attached hydrogen (secondary N) is 2. The van der Waals surface area contributed by atoms with Gasteiger partial charge < -0.3 is 10.6 Å². The Hall–Kier alpha value is -0.0800. The molecule has 138 valence electrons. The number of fused-ring (bicyclic) bond motifs is 4. The first-order chi connectivity index (χ1) is 11.3. The van der Waals surface area contributed by atoms with E-state index in [0.29, 0.717) is 10.8 Å². The van der Waals surface area contributed by atoms with E-state index in [1.165, 1.54) is 38.6 Å². The Morgan fingerprint density at radius 1 is 0.833 bits per heavy atom. The standard InChI is InChI=1S/C22H40N2/c1-14-18-11-17(22(18,4)5)12-20(14)24-9-8-23-13-15-6-7-16-10-19(15)21(16,2)3/h14-20,23-24H,6-13H2,1-5H3/t14-,15-,16-,17+,18-,19-,20-/m0/s1. The average Bonchev–Trinajstić information content (AvgIpc) is 2.55. The maximum absolute atomic E-state index is 3.88. The molecule has 6 aliphatic carbocycles. The molecule has 0 unspecified atom stereocenters. The molecule has 0 radical (unpaired) electrons. The maximum atomic E-state index is 3.88. The fourth-order valence-electron chi connectivity index (χ4n) is 7.26. The van der Waals surface area contributed by atoms with Crippen LogP contribution < -0.4 is 10.6 Å². The lowest BCUT2D eigenvalue weighted by Gasteiger charge is -2.62. The van der Waals surface area contributed by atoms with Gasteiger partial charge >= 0.3 is 0 Å². The van der Waals surface area contributed by atoms with Gasteiger partial charge in [0.05, 0.1) is 0 Å². The highest BCUT2D eigenvalue weighted by Crippen LogP contribution is 2.62. The van der Waals surface area contributed by atoms with E-state index in [0.717, 1.165) is 54.6 Å². The molecule has 2 heteroatoms. The van der Waals surface area contributed by atoms with Crippen molar-refractivity contribution in [1.82, 2.24) is 10.6 Å². The lowest BCUT2D eigenvalue weighted by Crippen LogP contribution is -2.60. The summed E-state index contributed by atoms with van der Waals surface area (Å²) < 4.78 is 0. The fraction of sp³-hybridized carbons (Fsp3) is 1.00. The van der Waals surface area contributed by atoms with E-state index in [4.69, 9.17) is 0 Å². The zero-order valence-corrected chi connectivity index (χ0v) is 16.7. The molecule has 4 bridgehead atoms. The predicted molar refractivity (Wildman–Crippen MR) is 102 cm³/mol. The van der Waals surface area contributed by atoms with E-state index < -0.39 is 0 Å². The van der Waals surface area contributed by atoms with E-state index in [9.17, 15) is 0 Å². The lowest BCUT2D eigenvalue weighted by molar-refractivity contribution is -0.115. The highest BCUT2D eigenvalue weighted by Gasteiger charge is 2.56. The largest absolute Gasteiger partial charge is 0.315 e. The van der Waals surface area contributed by atoms with Crippen LogP contribution in [-0.2, 0) is 0 Å². The minimum absolute atomic E-state index is 0.615. The van der Waals surface area contributed by atoms with Crippen LogP contribution in [0.1, 0.15) is 66.7 Å². The molecule has 6 aliphatic rings. The van der Waals surface area contributed by atoms with Gasteiger partial charge in [-0.15, -0.1) is 0 Å². The molecule has 0 aliphatic heterocycles. The molecule has 0 spiro atoms. The lowest BCUT2D eigenvalue weighted by atomic mass is 9.45. The minimum Gasteiger partial charge on any atom is -0.315 e. The van der Waals surface area contributed by atoms with E-state index in [1.807, 2.05) is 0 Å². The Morgan fingerprint density at radius 3 is 2.17 bits per heavy atom. The second-order valence-electron chi connectivity index (χ2n) is 10.9. The van der Waals surface area contributed by atoms with E-state index in [-0.39, 0.29) is 0 Å². The molecule has 2 N–H and O–H groups in total. The van der Waals surface area contributed by atoms with Gasteiger partial charge in [0.15, 0.2) is 0 Å². The van der Waals surface area contributed by atoms with Crippen LogP contribution in [0.25, 0.3) is 0 Å². The van der Waals surface area contributed by atoms with Crippen LogP contribution in [0.3, 0.4) is 0 Å². The normalized spacial score (nSPS) is 47.6. The molecule has 6 saturated carbocycles. The maximum Gasteiger partial charge on any atom is 0.00989 e. The SMILES string of the molecule is C[C@@H]1[C@@H](NCCNC[C@@H]2CC[C@H]3C[C@@H]2C3(C)C)C[C@H]2C[C@@H]1C2(C)C. The summed E-state index contributed by atoms with van der Waals surface area (Å²) in [6.07, 6.45) is 7.36. The highest BCUT2D eigenvalue weighted by atomic mass is 15.0. The fourth-order valence-corrected chi connectivity index (χ4v) is 7.26. The number of rotatable bonds is 6. The van der Waals surface area contributed by atoms with Crippen molar-refractivity contribution in [2.45, 2.75) is 72.8 Å². The molecule has 7 atom stereocenters. The van der Waals surface area contributed by atoms with Crippen molar-refractivity contribution in [2.24, 2.45) is 46.3 Å². The molecule has 2 nitrogen and oxygen atoms in total. The molecule has 0 saturated heterocycles. The van der Waals surface area contributed by atoms with Crippen LogP contribution >= 0.6 is 0 Å². The molecule has 24 heavy (non-hydrogen) atoms. The third-order valence-corrected chi connectivity index (χ3v) is 9.47. The second kappa shape index (κ2) is 5.98. The monoisotopic (exact) mass is 332 g/mol. The van der Waals surface area contributed by atoms with E-state index in [1.54, 1.807) is 0 Å². The summed E-state index contributed by atoms with van der Waals surface area (Å²) in [6, 6.07) is 0.768. The third-order valence-electron chi connectivity index (χ3n) is 9.47. The van der Waals surface area contributed by atoms with Crippen LogP contribution in [0.15, 0.2) is 0 Å². The van der Waals surface area contributed by atoms with Gasteiger partial charge in [0.2, 0.25) is 0 Å². The number of hydrogen-bond acceptors (Lipinski definition) is 2. The van der Waals surface area contributed by atoms with Crippen molar-refractivity contribution in [1.29, 1.82) is 0 Å². The summed E-state index contributed by atoms with van der Waals surface area (Å²) in [5.74, 6) is 5.74. The molecule has 6 fully saturated rings. The Morgan fingerprint density at radius 2 is 1.54 bits per heavy atom. The topological polar surface area (TPSA) is 24.1 Å². The van der Waals surface area contributed by atoms with Crippen molar-refractivity contribution >= 4 is 0 Å². The summed E-state index contributed by atoms with van der Waals surface area (Å²) in [6.45, 7) is 16.1. The van der Waals surface area contributed by atoms with Crippen molar-refractivity contribution in [3.63, 3.8) is 0 Å². The average molecular weight is 333 g/mol. The summed E-state index contributed by atoms with van der Waals surface area (Å²) in [5, 5.41) is 7.66.